The van der Waals surface area contributed by atoms with E-state index in [4.69, 9.17) is 0 Å². The number of likely N-dealkylation sites (tertiary alicyclic amines) is 1. The maximum Gasteiger partial charge on any atom is 0.433 e. The molecule has 1 aromatic rings. The van der Waals surface area contributed by atoms with Crippen molar-refractivity contribution in [2.24, 2.45) is 17.8 Å². The van der Waals surface area contributed by atoms with Crippen LogP contribution in [0.5, 0.6) is 0 Å². The molecule has 1 amide bonds. The summed E-state index contributed by atoms with van der Waals surface area (Å²) in [7, 11) is 0. The predicted octanol–water partition coefficient (Wildman–Crippen LogP) is 3.36. The normalized spacial score (nSPS) is 26.5. The first-order valence-corrected chi connectivity index (χ1v) is 9.83. The highest BCUT2D eigenvalue weighted by atomic mass is 19.4. The van der Waals surface area contributed by atoms with Gasteiger partial charge in [0.2, 0.25) is 11.9 Å². The van der Waals surface area contributed by atoms with Gasteiger partial charge in [0.25, 0.3) is 0 Å². The lowest BCUT2D eigenvalue weighted by Crippen LogP contribution is -2.38. The van der Waals surface area contributed by atoms with Crippen LogP contribution in [0.2, 0.25) is 0 Å². The Morgan fingerprint density at radius 1 is 1.11 bits per heavy atom. The van der Waals surface area contributed by atoms with E-state index in [1.54, 1.807) is 4.90 Å². The van der Waals surface area contributed by atoms with E-state index >= 15 is 0 Å². The van der Waals surface area contributed by atoms with Crippen LogP contribution in [0.25, 0.3) is 0 Å². The molecular formula is C19H25F3N4O. The Labute approximate surface area is 157 Å². The zero-order valence-electron chi connectivity index (χ0n) is 15.3. The number of hydrogen-bond donors (Lipinski definition) is 0. The molecule has 148 valence electrons. The van der Waals surface area contributed by atoms with Gasteiger partial charge in [0, 0.05) is 38.8 Å². The Hall–Kier alpha value is -1.86. The van der Waals surface area contributed by atoms with E-state index in [0.717, 1.165) is 38.2 Å². The Morgan fingerprint density at radius 3 is 2.41 bits per heavy atom. The molecule has 1 saturated carbocycles. The lowest BCUT2D eigenvalue weighted by Gasteiger charge is -2.32. The molecule has 3 fully saturated rings. The van der Waals surface area contributed by atoms with E-state index in [-0.39, 0.29) is 11.9 Å². The van der Waals surface area contributed by atoms with Crippen LogP contribution in [0.4, 0.5) is 19.1 Å². The molecule has 2 saturated heterocycles. The molecule has 0 N–H and O–H groups in total. The van der Waals surface area contributed by atoms with Gasteiger partial charge in [0.15, 0.2) is 0 Å². The van der Waals surface area contributed by atoms with E-state index in [1.807, 2.05) is 4.90 Å². The number of rotatable bonds is 3. The summed E-state index contributed by atoms with van der Waals surface area (Å²) < 4.78 is 38.5. The lowest BCUT2D eigenvalue weighted by molar-refractivity contribution is -0.141. The molecule has 8 heteroatoms. The second kappa shape index (κ2) is 7.28. The van der Waals surface area contributed by atoms with Gasteiger partial charge < -0.3 is 9.80 Å². The highest BCUT2D eigenvalue weighted by Gasteiger charge is 2.38. The number of aromatic nitrogens is 2. The zero-order valence-corrected chi connectivity index (χ0v) is 15.3. The van der Waals surface area contributed by atoms with Gasteiger partial charge in [-0.2, -0.15) is 13.2 Å². The van der Waals surface area contributed by atoms with Crippen LogP contribution in [-0.4, -0.2) is 47.0 Å². The summed E-state index contributed by atoms with van der Waals surface area (Å²) in [5.74, 6) is 2.07. The van der Waals surface area contributed by atoms with E-state index in [0.29, 0.717) is 37.3 Å². The number of fused-ring (bicyclic) bond motifs is 1. The monoisotopic (exact) mass is 382 g/mol. The summed E-state index contributed by atoms with van der Waals surface area (Å²) in [6, 6.07) is 0.889. The first kappa shape index (κ1) is 18.5. The molecule has 2 atom stereocenters. The van der Waals surface area contributed by atoms with Gasteiger partial charge in [-0.25, -0.2) is 9.97 Å². The summed E-state index contributed by atoms with van der Waals surface area (Å²) >= 11 is 0. The van der Waals surface area contributed by atoms with Crippen LogP contribution in [0.1, 0.15) is 44.2 Å². The van der Waals surface area contributed by atoms with Gasteiger partial charge in [-0.15, -0.1) is 0 Å². The largest absolute Gasteiger partial charge is 0.433 e. The number of amides is 1. The molecular weight excluding hydrogens is 357 g/mol. The van der Waals surface area contributed by atoms with Crippen LogP contribution < -0.4 is 4.90 Å². The summed E-state index contributed by atoms with van der Waals surface area (Å²) in [6.45, 7) is 3.01. The summed E-state index contributed by atoms with van der Waals surface area (Å²) in [6.07, 6.45) is 2.62. The van der Waals surface area contributed by atoms with Crippen LogP contribution in [0, 0.1) is 17.8 Å². The second-order valence-electron chi connectivity index (χ2n) is 8.12. The number of nitrogens with zero attached hydrogens (tertiary/aromatic N) is 4. The first-order valence-electron chi connectivity index (χ1n) is 9.83. The maximum absolute atomic E-state index is 12.8. The van der Waals surface area contributed by atoms with Crippen molar-refractivity contribution in [1.29, 1.82) is 0 Å². The van der Waals surface area contributed by atoms with Crippen molar-refractivity contribution in [3.63, 3.8) is 0 Å². The van der Waals surface area contributed by atoms with Gasteiger partial charge in [-0.3, -0.25) is 4.79 Å². The smallest absolute Gasteiger partial charge is 0.342 e. The number of halogens is 3. The van der Waals surface area contributed by atoms with Crippen LogP contribution in [0.15, 0.2) is 12.3 Å². The molecule has 1 aromatic heterocycles. The summed E-state index contributed by atoms with van der Waals surface area (Å²) in [5.41, 5.74) is -0.913. The number of carbonyl (C=O) groups excluding carboxylic acids is 1. The molecule has 2 unspecified atom stereocenters. The number of anilines is 1. The van der Waals surface area contributed by atoms with E-state index in [2.05, 4.69) is 9.97 Å². The Morgan fingerprint density at radius 2 is 1.78 bits per heavy atom. The van der Waals surface area contributed by atoms with Gasteiger partial charge in [0.1, 0.15) is 5.69 Å². The molecule has 0 radical (unpaired) electrons. The number of hydrogen-bond acceptors (Lipinski definition) is 4. The van der Waals surface area contributed by atoms with E-state index < -0.39 is 11.9 Å². The third-order valence-corrected chi connectivity index (χ3v) is 6.37. The molecule has 0 spiro atoms. The minimum atomic E-state index is -4.46. The molecule has 0 aromatic carbocycles. The van der Waals surface area contributed by atoms with Crippen molar-refractivity contribution in [3.05, 3.63) is 18.0 Å². The molecule has 0 bridgehead atoms. The van der Waals surface area contributed by atoms with Crippen molar-refractivity contribution < 1.29 is 18.0 Å². The fourth-order valence-corrected chi connectivity index (χ4v) is 4.81. The maximum atomic E-state index is 12.8. The van der Waals surface area contributed by atoms with Crippen molar-refractivity contribution in [2.45, 2.75) is 44.7 Å². The Balaban J connectivity index is 1.29. The molecule has 3 heterocycles. The van der Waals surface area contributed by atoms with Crippen molar-refractivity contribution in [2.75, 3.05) is 31.1 Å². The van der Waals surface area contributed by atoms with Gasteiger partial charge >= 0.3 is 6.18 Å². The topological polar surface area (TPSA) is 49.3 Å². The van der Waals surface area contributed by atoms with Crippen molar-refractivity contribution in [1.82, 2.24) is 14.9 Å². The minimum absolute atomic E-state index is 0.127. The second-order valence-corrected chi connectivity index (χ2v) is 8.12. The molecule has 2 aliphatic heterocycles. The molecule has 27 heavy (non-hydrogen) atoms. The molecule has 3 aliphatic rings. The van der Waals surface area contributed by atoms with Gasteiger partial charge in [-0.05, 0) is 49.5 Å². The fraction of sp³-hybridized carbons (Fsp3) is 0.737. The zero-order chi connectivity index (χ0) is 19.0. The highest BCUT2D eigenvalue weighted by Crippen LogP contribution is 2.38. The van der Waals surface area contributed by atoms with Gasteiger partial charge in [0.05, 0.1) is 0 Å². The molecule has 5 nitrogen and oxygen atoms in total. The molecule has 1 aliphatic carbocycles. The Kier molecular flexibility index (Phi) is 4.99. The third-order valence-electron chi connectivity index (χ3n) is 6.37. The average Bonchev–Trinajstić information content (AvgIpc) is 3.24. The van der Waals surface area contributed by atoms with Crippen LogP contribution >= 0.6 is 0 Å². The third kappa shape index (κ3) is 4.04. The fourth-order valence-electron chi connectivity index (χ4n) is 4.81. The molecule has 4 rings (SSSR count). The standard InChI is InChI=1S/C19H25F3N4O/c20-19(21,22)16-4-7-23-18(24-16)25-8-5-13(6-9-25)10-17(27)26-11-14-2-1-3-15(14)12-26/h4,7,13-15H,1-3,5-6,8-12H2. The average molecular weight is 382 g/mol. The number of alkyl halides is 3. The van der Waals surface area contributed by atoms with Crippen LogP contribution in [0.3, 0.4) is 0 Å². The quantitative estimate of drug-likeness (QED) is 0.804. The summed E-state index contributed by atoms with van der Waals surface area (Å²) in [4.78, 5) is 24.1. The first-order chi connectivity index (χ1) is 12.9. The highest BCUT2D eigenvalue weighted by molar-refractivity contribution is 5.76. The number of carbonyl (C=O) groups is 1. The van der Waals surface area contributed by atoms with Gasteiger partial charge in [-0.1, -0.05) is 6.42 Å². The van der Waals surface area contributed by atoms with E-state index in [1.165, 1.54) is 19.3 Å². The van der Waals surface area contributed by atoms with Crippen molar-refractivity contribution in [3.8, 4) is 0 Å². The SMILES string of the molecule is O=C(CC1CCN(c2nccc(C(F)(F)F)n2)CC1)N1CC2CCCC2C1. The van der Waals surface area contributed by atoms with Crippen molar-refractivity contribution >= 4 is 11.9 Å². The Bertz CT molecular complexity index is 676. The number of piperidine rings is 1. The van der Waals surface area contributed by atoms with Crippen LogP contribution in [-0.2, 0) is 11.0 Å². The van der Waals surface area contributed by atoms with E-state index in [9.17, 15) is 18.0 Å². The summed E-state index contributed by atoms with van der Waals surface area (Å²) in [5, 5.41) is 0. The predicted molar refractivity (Wildman–Crippen MR) is 94.0 cm³/mol. The minimum Gasteiger partial charge on any atom is -0.342 e. The lowest BCUT2D eigenvalue weighted by atomic mass is 9.93.